The summed E-state index contributed by atoms with van der Waals surface area (Å²) in [4.78, 5) is 19.3. The maximum Gasteiger partial charge on any atom is 0.132 e. The Labute approximate surface area is 139 Å². The highest BCUT2D eigenvalue weighted by atomic mass is 35.5. The van der Waals surface area contributed by atoms with Gasteiger partial charge < -0.3 is 14.6 Å². The number of H-pyrrole nitrogens is 1. The third-order valence-corrected chi connectivity index (χ3v) is 4.55. The van der Waals surface area contributed by atoms with Crippen molar-refractivity contribution in [3.05, 3.63) is 28.5 Å². The van der Waals surface area contributed by atoms with Gasteiger partial charge in [-0.05, 0) is 24.6 Å². The Hall–Kier alpha value is -1.92. The molecule has 0 spiro atoms. The van der Waals surface area contributed by atoms with Crippen LogP contribution in [0.2, 0.25) is 5.02 Å². The molecule has 1 aromatic carbocycles. The maximum absolute atomic E-state index is 6.16. The predicted molar refractivity (Wildman–Crippen MR) is 91.4 cm³/mol. The van der Waals surface area contributed by atoms with Gasteiger partial charge in [-0.1, -0.05) is 11.6 Å². The number of fused-ring (bicyclic) bond motifs is 1. The van der Waals surface area contributed by atoms with Crippen LogP contribution in [0.15, 0.2) is 22.1 Å². The van der Waals surface area contributed by atoms with Crippen molar-refractivity contribution < 1.29 is 4.74 Å². The molecule has 2 aliphatic heterocycles. The molecule has 1 saturated heterocycles. The average Bonchev–Trinajstić information content (AvgIpc) is 3.18. The van der Waals surface area contributed by atoms with Crippen molar-refractivity contribution in [2.24, 2.45) is 9.98 Å². The van der Waals surface area contributed by atoms with Crippen LogP contribution in [-0.4, -0.2) is 53.0 Å². The van der Waals surface area contributed by atoms with Crippen LogP contribution in [0.4, 0.5) is 0 Å². The van der Waals surface area contributed by atoms with Crippen LogP contribution in [0.3, 0.4) is 0 Å². The highest BCUT2D eigenvalue weighted by Crippen LogP contribution is 2.22. The minimum Gasteiger partial charge on any atom is -0.359 e. The van der Waals surface area contributed by atoms with E-state index in [2.05, 4.69) is 19.9 Å². The van der Waals surface area contributed by atoms with Crippen molar-refractivity contribution in [3.63, 3.8) is 0 Å². The fourth-order valence-electron chi connectivity index (χ4n) is 2.89. The summed E-state index contributed by atoms with van der Waals surface area (Å²) >= 11 is 6.16. The summed E-state index contributed by atoms with van der Waals surface area (Å²) in [5.74, 6) is 2.76. The van der Waals surface area contributed by atoms with Crippen LogP contribution in [0, 0.1) is 6.92 Å². The molecule has 0 atom stereocenters. The molecule has 7 heteroatoms. The molecule has 120 valence electrons. The normalized spacial score (nSPS) is 18.4. The van der Waals surface area contributed by atoms with Gasteiger partial charge in [-0.2, -0.15) is 0 Å². The van der Waals surface area contributed by atoms with Crippen molar-refractivity contribution in [2.45, 2.75) is 19.8 Å². The predicted octanol–water partition coefficient (Wildman–Crippen LogP) is 2.56. The summed E-state index contributed by atoms with van der Waals surface area (Å²) in [6.45, 7) is 5.08. The Kier molecular flexibility index (Phi) is 3.79. The topological polar surface area (TPSA) is 65.9 Å². The Morgan fingerprint density at radius 1 is 1.39 bits per heavy atom. The van der Waals surface area contributed by atoms with Gasteiger partial charge in [-0.25, -0.2) is 9.98 Å². The molecule has 6 nitrogen and oxygen atoms in total. The van der Waals surface area contributed by atoms with Crippen molar-refractivity contribution in [3.8, 4) is 0 Å². The first kappa shape index (κ1) is 14.7. The van der Waals surface area contributed by atoms with Gasteiger partial charge in [0, 0.05) is 24.5 Å². The second kappa shape index (κ2) is 5.94. The highest BCUT2D eigenvalue weighted by molar-refractivity contribution is 6.32. The lowest BCUT2D eigenvalue weighted by atomic mass is 10.2. The number of amidine groups is 2. The van der Waals surface area contributed by atoms with Crippen LogP contribution >= 0.6 is 11.6 Å². The number of nitrogens with one attached hydrogen (secondary N) is 1. The molecular formula is C16H18ClN5O. The molecular weight excluding hydrogens is 314 g/mol. The van der Waals surface area contributed by atoms with Crippen molar-refractivity contribution in [1.29, 1.82) is 0 Å². The lowest BCUT2D eigenvalue weighted by Crippen LogP contribution is -2.32. The minimum absolute atomic E-state index is 0.601. The number of halogens is 1. The Bertz CT molecular complexity index is 765. The first-order chi connectivity index (χ1) is 11.2. The average molecular weight is 332 g/mol. The number of aryl methyl sites for hydroxylation is 1. The molecule has 23 heavy (non-hydrogen) atoms. The van der Waals surface area contributed by atoms with Crippen molar-refractivity contribution in [2.75, 3.05) is 26.4 Å². The van der Waals surface area contributed by atoms with Crippen molar-refractivity contribution in [1.82, 2.24) is 14.9 Å². The van der Waals surface area contributed by atoms with Crippen LogP contribution in [0.1, 0.15) is 17.8 Å². The number of aromatic nitrogens is 2. The summed E-state index contributed by atoms with van der Waals surface area (Å²) < 4.78 is 5.40. The van der Waals surface area contributed by atoms with E-state index in [1.807, 2.05) is 19.1 Å². The maximum atomic E-state index is 6.16. The van der Waals surface area contributed by atoms with Gasteiger partial charge in [0.15, 0.2) is 0 Å². The van der Waals surface area contributed by atoms with E-state index < -0.39 is 0 Å². The SMILES string of the molecule is Cc1cc2[nH]c(CC3=NCCC(N4CCOC4)=N3)nc2cc1Cl. The quantitative estimate of drug-likeness (QED) is 0.919. The standard InChI is InChI=1S/C16H18ClN5O/c1-10-6-12-13(7-11(10)17)20-15(19-12)8-14-18-3-2-16(21-14)22-4-5-23-9-22/h6-7H,2-5,8-9H2,1H3,(H,19,20). The Morgan fingerprint density at radius 3 is 3.13 bits per heavy atom. The number of rotatable bonds is 2. The van der Waals surface area contributed by atoms with E-state index >= 15 is 0 Å². The molecule has 4 rings (SSSR count). The first-order valence-corrected chi connectivity index (χ1v) is 8.15. The lowest BCUT2D eigenvalue weighted by Gasteiger charge is -2.20. The number of aromatic amines is 1. The van der Waals surface area contributed by atoms with Crippen LogP contribution in [-0.2, 0) is 11.2 Å². The molecule has 0 aliphatic carbocycles. The smallest absolute Gasteiger partial charge is 0.132 e. The molecule has 0 bridgehead atoms. The first-order valence-electron chi connectivity index (χ1n) is 7.77. The molecule has 2 aliphatic rings. The summed E-state index contributed by atoms with van der Waals surface area (Å²) in [6.07, 6.45) is 1.48. The second-order valence-electron chi connectivity index (χ2n) is 5.86. The Morgan fingerprint density at radius 2 is 2.30 bits per heavy atom. The fourth-order valence-corrected chi connectivity index (χ4v) is 3.05. The Balaban J connectivity index is 1.56. The molecule has 0 saturated carbocycles. The molecule has 0 unspecified atom stereocenters. The molecule has 1 aromatic heterocycles. The number of hydrogen-bond acceptors (Lipinski definition) is 5. The fraction of sp³-hybridized carbons (Fsp3) is 0.438. The molecule has 1 fully saturated rings. The van der Waals surface area contributed by atoms with Gasteiger partial charge in [0.25, 0.3) is 0 Å². The molecule has 0 radical (unpaired) electrons. The zero-order valence-corrected chi connectivity index (χ0v) is 13.7. The largest absolute Gasteiger partial charge is 0.359 e. The lowest BCUT2D eigenvalue weighted by molar-refractivity contribution is 0.168. The van der Waals surface area contributed by atoms with E-state index in [9.17, 15) is 0 Å². The van der Waals surface area contributed by atoms with E-state index in [0.717, 1.165) is 65.2 Å². The summed E-state index contributed by atoms with van der Waals surface area (Å²) in [7, 11) is 0. The van der Waals surface area contributed by atoms with Crippen molar-refractivity contribution >= 4 is 34.3 Å². The zero-order valence-electron chi connectivity index (χ0n) is 13.0. The van der Waals surface area contributed by atoms with E-state index in [1.165, 1.54) is 0 Å². The van der Waals surface area contributed by atoms with E-state index in [0.29, 0.717) is 13.2 Å². The van der Waals surface area contributed by atoms with Crippen LogP contribution in [0.25, 0.3) is 11.0 Å². The van der Waals surface area contributed by atoms with E-state index in [1.54, 1.807) is 0 Å². The van der Waals surface area contributed by atoms with Crippen LogP contribution in [0.5, 0.6) is 0 Å². The molecule has 1 N–H and O–H groups in total. The second-order valence-corrected chi connectivity index (χ2v) is 6.26. The van der Waals surface area contributed by atoms with Gasteiger partial charge in [-0.3, -0.25) is 4.99 Å². The zero-order chi connectivity index (χ0) is 15.8. The van der Waals surface area contributed by atoms with E-state index in [-0.39, 0.29) is 0 Å². The molecule has 2 aromatic rings. The monoisotopic (exact) mass is 331 g/mol. The number of nitrogens with zero attached hydrogens (tertiary/aromatic N) is 4. The summed E-state index contributed by atoms with van der Waals surface area (Å²) in [5, 5.41) is 0.736. The third-order valence-electron chi connectivity index (χ3n) is 4.14. The van der Waals surface area contributed by atoms with Gasteiger partial charge >= 0.3 is 0 Å². The highest BCUT2D eigenvalue weighted by Gasteiger charge is 2.20. The number of imidazole rings is 1. The van der Waals surface area contributed by atoms with Gasteiger partial charge in [0.1, 0.15) is 24.2 Å². The summed E-state index contributed by atoms with van der Waals surface area (Å²) in [6, 6.07) is 3.91. The molecule has 0 amide bonds. The third kappa shape index (κ3) is 2.96. The van der Waals surface area contributed by atoms with Crippen LogP contribution < -0.4 is 0 Å². The van der Waals surface area contributed by atoms with Gasteiger partial charge in [0.2, 0.25) is 0 Å². The molecule has 3 heterocycles. The number of aliphatic imine (C=N–C) groups is 2. The minimum atomic E-state index is 0.601. The number of ether oxygens (including phenoxy) is 1. The number of benzene rings is 1. The summed E-state index contributed by atoms with van der Waals surface area (Å²) in [5.41, 5.74) is 2.92. The van der Waals surface area contributed by atoms with E-state index in [4.69, 9.17) is 21.3 Å². The van der Waals surface area contributed by atoms with Gasteiger partial charge in [-0.15, -0.1) is 0 Å². The van der Waals surface area contributed by atoms with Gasteiger partial charge in [0.05, 0.1) is 24.1 Å². The number of hydrogen-bond donors (Lipinski definition) is 1.